The molecular formula is C12H21NO2. The van der Waals surface area contributed by atoms with E-state index >= 15 is 0 Å². The molecule has 0 spiro atoms. The predicted octanol–water partition coefficient (Wildman–Crippen LogP) is 1.55. The summed E-state index contributed by atoms with van der Waals surface area (Å²) in [6, 6.07) is 0. The predicted molar refractivity (Wildman–Crippen MR) is 58.4 cm³/mol. The van der Waals surface area contributed by atoms with Gasteiger partial charge in [0, 0.05) is 13.1 Å². The van der Waals surface area contributed by atoms with Crippen LogP contribution in [0.1, 0.15) is 45.4 Å². The molecule has 0 aromatic heterocycles. The van der Waals surface area contributed by atoms with E-state index in [0.29, 0.717) is 18.8 Å². The molecule has 1 N–H and O–H groups in total. The maximum Gasteiger partial charge on any atom is 0.254 e. The highest BCUT2D eigenvalue weighted by molar-refractivity contribution is 5.85. The molecule has 1 saturated carbocycles. The average molecular weight is 211 g/mol. The van der Waals surface area contributed by atoms with Crippen molar-refractivity contribution >= 4 is 5.91 Å². The molecule has 1 amide bonds. The highest BCUT2D eigenvalue weighted by Crippen LogP contribution is 2.31. The van der Waals surface area contributed by atoms with Gasteiger partial charge in [-0.25, -0.2) is 0 Å². The molecule has 86 valence electrons. The molecule has 1 atom stereocenters. The van der Waals surface area contributed by atoms with Gasteiger partial charge in [-0.15, -0.1) is 0 Å². The van der Waals surface area contributed by atoms with Gasteiger partial charge in [0.25, 0.3) is 5.91 Å². The maximum atomic E-state index is 12.1. The van der Waals surface area contributed by atoms with Crippen LogP contribution in [0.25, 0.3) is 0 Å². The third kappa shape index (κ3) is 2.17. The number of carbonyl (C=O) groups excluding carboxylic acids is 1. The van der Waals surface area contributed by atoms with Crippen molar-refractivity contribution in [2.45, 2.75) is 51.0 Å². The Morgan fingerprint density at radius 1 is 1.33 bits per heavy atom. The first-order valence-electron chi connectivity index (χ1n) is 6.13. The van der Waals surface area contributed by atoms with Crippen LogP contribution in [0, 0.1) is 5.92 Å². The Hall–Kier alpha value is -0.570. The Labute approximate surface area is 91.5 Å². The smallest absolute Gasteiger partial charge is 0.254 e. The van der Waals surface area contributed by atoms with E-state index in [2.05, 4.69) is 6.92 Å². The first-order chi connectivity index (χ1) is 7.12. The van der Waals surface area contributed by atoms with Crippen LogP contribution in [-0.4, -0.2) is 34.6 Å². The number of aliphatic hydroxyl groups is 1. The molecular weight excluding hydrogens is 190 g/mol. The van der Waals surface area contributed by atoms with Crippen molar-refractivity contribution in [1.82, 2.24) is 4.90 Å². The number of nitrogens with zero attached hydrogens (tertiary/aromatic N) is 1. The average Bonchev–Trinajstić information content (AvgIpc) is 2.65. The monoisotopic (exact) mass is 211 g/mol. The van der Waals surface area contributed by atoms with E-state index in [-0.39, 0.29) is 5.91 Å². The quantitative estimate of drug-likeness (QED) is 0.715. The summed E-state index contributed by atoms with van der Waals surface area (Å²) in [7, 11) is 0. The van der Waals surface area contributed by atoms with Crippen molar-refractivity contribution in [2.24, 2.45) is 5.92 Å². The fourth-order valence-electron chi connectivity index (χ4n) is 2.76. The number of hydrogen-bond acceptors (Lipinski definition) is 2. The van der Waals surface area contributed by atoms with Crippen LogP contribution in [0.15, 0.2) is 0 Å². The standard InChI is InChI=1S/C12H21NO2/c1-10-5-8-13(9-10)11(14)12(15)6-3-2-4-7-12/h10,15H,2-9H2,1H3/t10-/m0/s1. The van der Waals surface area contributed by atoms with E-state index in [1.807, 2.05) is 4.90 Å². The van der Waals surface area contributed by atoms with Gasteiger partial charge in [-0.2, -0.15) is 0 Å². The molecule has 1 heterocycles. The van der Waals surface area contributed by atoms with Gasteiger partial charge in [0.2, 0.25) is 0 Å². The third-order valence-electron chi connectivity index (χ3n) is 3.79. The molecule has 1 saturated heterocycles. The summed E-state index contributed by atoms with van der Waals surface area (Å²) in [6.45, 7) is 3.83. The molecule has 0 aromatic carbocycles. The van der Waals surface area contributed by atoms with Crippen molar-refractivity contribution in [1.29, 1.82) is 0 Å². The summed E-state index contributed by atoms with van der Waals surface area (Å²) in [5.74, 6) is 0.590. The van der Waals surface area contributed by atoms with Crippen LogP contribution in [0.2, 0.25) is 0 Å². The molecule has 1 aliphatic carbocycles. The van der Waals surface area contributed by atoms with Gasteiger partial charge in [-0.05, 0) is 25.2 Å². The number of rotatable bonds is 1. The van der Waals surface area contributed by atoms with Gasteiger partial charge in [0.15, 0.2) is 0 Å². The molecule has 3 heteroatoms. The van der Waals surface area contributed by atoms with Crippen molar-refractivity contribution in [3.05, 3.63) is 0 Å². The van der Waals surface area contributed by atoms with Crippen LogP contribution in [0.3, 0.4) is 0 Å². The van der Waals surface area contributed by atoms with E-state index in [4.69, 9.17) is 0 Å². The summed E-state index contributed by atoms with van der Waals surface area (Å²) >= 11 is 0. The van der Waals surface area contributed by atoms with Crippen LogP contribution < -0.4 is 0 Å². The van der Waals surface area contributed by atoms with E-state index in [1.165, 1.54) is 0 Å². The third-order valence-corrected chi connectivity index (χ3v) is 3.79. The van der Waals surface area contributed by atoms with Crippen LogP contribution in [0.4, 0.5) is 0 Å². The Bertz CT molecular complexity index is 246. The van der Waals surface area contributed by atoms with E-state index in [9.17, 15) is 9.90 Å². The Morgan fingerprint density at radius 2 is 2.00 bits per heavy atom. The molecule has 15 heavy (non-hydrogen) atoms. The molecule has 2 aliphatic rings. The summed E-state index contributed by atoms with van der Waals surface area (Å²) in [5.41, 5.74) is -1.03. The fraction of sp³-hybridized carbons (Fsp3) is 0.917. The summed E-state index contributed by atoms with van der Waals surface area (Å²) in [4.78, 5) is 14.0. The Balaban J connectivity index is 1.99. The van der Waals surface area contributed by atoms with Crippen molar-refractivity contribution in [2.75, 3.05) is 13.1 Å². The lowest BCUT2D eigenvalue weighted by Gasteiger charge is -2.34. The van der Waals surface area contributed by atoms with Gasteiger partial charge in [-0.3, -0.25) is 4.79 Å². The molecule has 0 bridgehead atoms. The SMILES string of the molecule is C[C@H]1CCN(C(=O)C2(O)CCCCC2)C1. The zero-order valence-corrected chi connectivity index (χ0v) is 9.54. The minimum absolute atomic E-state index is 0.00782. The van der Waals surface area contributed by atoms with Crippen LogP contribution >= 0.6 is 0 Å². The van der Waals surface area contributed by atoms with E-state index < -0.39 is 5.60 Å². The lowest BCUT2D eigenvalue weighted by Crippen LogP contribution is -2.49. The summed E-state index contributed by atoms with van der Waals surface area (Å²) in [5, 5.41) is 10.3. The minimum atomic E-state index is -1.03. The topological polar surface area (TPSA) is 40.5 Å². The molecule has 2 rings (SSSR count). The van der Waals surface area contributed by atoms with Crippen molar-refractivity contribution in [3.8, 4) is 0 Å². The van der Waals surface area contributed by atoms with Crippen LogP contribution in [-0.2, 0) is 4.79 Å². The maximum absolute atomic E-state index is 12.1. The Morgan fingerprint density at radius 3 is 2.53 bits per heavy atom. The zero-order chi connectivity index (χ0) is 10.9. The molecule has 0 unspecified atom stereocenters. The molecule has 2 fully saturated rings. The molecule has 1 aliphatic heterocycles. The lowest BCUT2D eigenvalue weighted by molar-refractivity contribution is -0.153. The first-order valence-corrected chi connectivity index (χ1v) is 6.13. The van der Waals surface area contributed by atoms with Gasteiger partial charge in [-0.1, -0.05) is 26.2 Å². The first kappa shape index (κ1) is 10.9. The van der Waals surface area contributed by atoms with Gasteiger partial charge in [0.05, 0.1) is 0 Å². The van der Waals surface area contributed by atoms with Gasteiger partial charge in [0.1, 0.15) is 5.60 Å². The fourth-order valence-corrected chi connectivity index (χ4v) is 2.76. The second kappa shape index (κ2) is 4.12. The molecule has 0 aromatic rings. The molecule has 3 nitrogen and oxygen atoms in total. The molecule has 0 radical (unpaired) electrons. The largest absolute Gasteiger partial charge is 0.380 e. The normalized spacial score (nSPS) is 30.5. The zero-order valence-electron chi connectivity index (χ0n) is 9.54. The summed E-state index contributed by atoms with van der Waals surface area (Å²) in [6.07, 6.45) is 5.55. The van der Waals surface area contributed by atoms with E-state index in [1.54, 1.807) is 0 Å². The minimum Gasteiger partial charge on any atom is -0.380 e. The second-order valence-electron chi connectivity index (χ2n) is 5.24. The van der Waals surface area contributed by atoms with Crippen LogP contribution in [0.5, 0.6) is 0 Å². The highest BCUT2D eigenvalue weighted by Gasteiger charge is 2.41. The number of likely N-dealkylation sites (tertiary alicyclic amines) is 1. The van der Waals surface area contributed by atoms with Crippen molar-refractivity contribution in [3.63, 3.8) is 0 Å². The van der Waals surface area contributed by atoms with E-state index in [0.717, 1.165) is 38.8 Å². The Kier molecular flexibility index (Phi) is 3.01. The van der Waals surface area contributed by atoms with Gasteiger partial charge >= 0.3 is 0 Å². The van der Waals surface area contributed by atoms with Crippen molar-refractivity contribution < 1.29 is 9.90 Å². The van der Waals surface area contributed by atoms with Gasteiger partial charge < -0.3 is 10.0 Å². The summed E-state index contributed by atoms with van der Waals surface area (Å²) < 4.78 is 0. The lowest BCUT2D eigenvalue weighted by atomic mass is 9.84. The number of amides is 1. The number of carbonyl (C=O) groups is 1. The number of hydrogen-bond donors (Lipinski definition) is 1. The highest BCUT2D eigenvalue weighted by atomic mass is 16.3. The second-order valence-corrected chi connectivity index (χ2v) is 5.24.